The first-order valence-electron chi connectivity index (χ1n) is 3.92. The second-order valence-electron chi connectivity index (χ2n) is 2.91. The van der Waals surface area contributed by atoms with Crippen molar-refractivity contribution in [3.8, 4) is 0 Å². The van der Waals surface area contributed by atoms with Gasteiger partial charge in [-0.05, 0) is 24.1 Å². The molecule has 2 unspecified atom stereocenters. The molecule has 0 fully saturated rings. The summed E-state index contributed by atoms with van der Waals surface area (Å²) in [5.74, 6) is 0. The van der Waals surface area contributed by atoms with Gasteiger partial charge >= 0.3 is 0 Å². The predicted octanol–water partition coefficient (Wildman–Crippen LogP) is 2.26. The first-order chi connectivity index (χ1) is 6.09. The van der Waals surface area contributed by atoms with E-state index in [1.807, 2.05) is 24.3 Å². The van der Waals surface area contributed by atoms with Crippen molar-refractivity contribution in [3.05, 3.63) is 34.3 Å². The van der Waals surface area contributed by atoms with E-state index in [4.69, 9.17) is 0 Å². The van der Waals surface area contributed by atoms with Crippen LogP contribution in [0.25, 0.3) is 0 Å². The van der Waals surface area contributed by atoms with E-state index < -0.39 is 11.1 Å². The van der Waals surface area contributed by atoms with Crippen molar-refractivity contribution in [1.82, 2.24) is 0 Å². The van der Waals surface area contributed by atoms with E-state index in [1.165, 1.54) is 0 Å². The normalized spacial score (nSPS) is 15.3. The molecular weight excluding hydrogens is 252 g/mol. The number of rotatable bonds is 3. The smallest absolute Gasteiger partial charge is 0.0227 e. The Morgan fingerprint density at radius 1 is 1.62 bits per heavy atom. The molecule has 0 spiro atoms. The lowest BCUT2D eigenvalue weighted by Gasteiger charge is -2.14. The van der Waals surface area contributed by atoms with Gasteiger partial charge in [0, 0.05) is 9.72 Å². The lowest BCUT2D eigenvalue weighted by molar-refractivity contribution is 0.524. The van der Waals surface area contributed by atoms with Gasteiger partial charge in [0.25, 0.3) is 0 Å². The minimum atomic E-state index is -1.98. The molecule has 1 aromatic carbocycles. The van der Waals surface area contributed by atoms with Crippen molar-refractivity contribution in [1.29, 1.82) is 0 Å². The molecule has 0 bridgehead atoms. The SMILES string of the molecule is CC(Cc1cccc(Br)c1)S(=O)[O-]. The van der Waals surface area contributed by atoms with Gasteiger partial charge in [0.1, 0.15) is 0 Å². The molecule has 72 valence electrons. The molecule has 0 aliphatic carbocycles. The van der Waals surface area contributed by atoms with Gasteiger partial charge in [-0.1, -0.05) is 46.1 Å². The number of halogens is 1. The highest BCUT2D eigenvalue weighted by Crippen LogP contribution is 2.14. The molecule has 0 saturated carbocycles. The topological polar surface area (TPSA) is 40.1 Å². The van der Waals surface area contributed by atoms with Crippen molar-refractivity contribution in [2.45, 2.75) is 18.6 Å². The third kappa shape index (κ3) is 3.58. The zero-order chi connectivity index (χ0) is 9.84. The van der Waals surface area contributed by atoms with E-state index in [9.17, 15) is 8.76 Å². The van der Waals surface area contributed by atoms with E-state index in [0.29, 0.717) is 6.42 Å². The van der Waals surface area contributed by atoms with Crippen molar-refractivity contribution in [2.24, 2.45) is 0 Å². The van der Waals surface area contributed by atoms with Crippen LogP contribution in [-0.2, 0) is 17.5 Å². The molecule has 0 saturated heterocycles. The predicted molar refractivity (Wildman–Crippen MR) is 56.2 cm³/mol. The molecule has 0 aliphatic rings. The molecule has 4 heteroatoms. The summed E-state index contributed by atoms with van der Waals surface area (Å²) < 4.78 is 22.1. The maximum atomic E-state index is 10.6. The van der Waals surface area contributed by atoms with Gasteiger partial charge in [0.15, 0.2) is 0 Å². The number of hydrogen-bond donors (Lipinski definition) is 0. The van der Waals surface area contributed by atoms with Crippen LogP contribution in [0.5, 0.6) is 0 Å². The molecule has 0 radical (unpaired) electrons. The van der Waals surface area contributed by atoms with Crippen molar-refractivity contribution in [3.63, 3.8) is 0 Å². The zero-order valence-electron chi connectivity index (χ0n) is 7.20. The fourth-order valence-electron chi connectivity index (χ4n) is 1.06. The zero-order valence-corrected chi connectivity index (χ0v) is 9.60. The monoisotopic (exact) mass is 261 g/mol. The number of hydrogen-bond acceptors (Lipinski definition) is 2. The van der Waals surface area contributed by atoms with Crippen LogP contribution in [0.4, 0.5) is 0 Å². The van der Waals surface area contributed by atoms with E-state index in [1.54, 1.807) is 6.92 Å². The summed E-state index contributed by atoms with van der Waals surface area (Å²) in [4.78, 5) is 0. The van der Waals surface area contributed by atoms with Crippen LogP contribution >= 0.6 is 15.9 Å². The van der Waals surface area contributed by atoms with Gasteiger partial charge in [-0.15, -0.1) is 0 Å². The summed E-state index contributed by atoms with van der Waals surface area (Å²) in [6.45, 7) is 1.70. The Balaban J connectivity index is 2.69. The summed E-state index contributed by atoms with van der Waals surface area (Å²) >= 11 is 1.35. The molecule has 1 aromatic rings. The van der Waals surface area contributed by atoms with E-state index in [-0.39, 0.29) is 5.25 Å². The Labute approximate surface area is 88.8 Å². The second kappa shape index (κ2) is 4.88. The van der Waals surface area contributed by atoms with Gasteiger partial charge in [-0.2, -0.15) is 0 Å². The Hall–Kier alpha value is -0.190. The van der Waals surface area contributed by atoms with Crippen LogP contribution in [0.1, 0.15) is 12.5 Å². The highest BCUT2D eigenvalue weighted by Gasteiger charge is 2.03. The van der Waals surface area contributed by atoms with Gasteiger partial charge in [-0.3, -0.25) is 4.21 Å². The summed E-state index contributed by atoms with van der Waals surface area (Å²) in [5, 5.41) is -0.325. The molecule has 0 aliphatic heterocycles. The molecule has 0 amide bonds. The fraction of sp³-hybridized carbons (Fsp3) is 0.333. The van der Waals surface area contributed by atoms with Gasteiger partial charge in [0.05, 0.1) is 0 Å². The van der Waals surface area contributed by atoms with Crippen LogP contribution in [0.15, 0.2) is 28.7 Å². The van der Waals surface area contributed by atoms with Crippen molar-refractivity contribution < 1.29 is 8.76 Å². The summed E-state index contributed by atoms with van der Waals surface area (Å²) in [6, 6.07) is 7.68. The molecule has 13 heavy (non-hydrogen) atoms. The summed E-state index contributed by atoms with van der Waals surface area (Å²) in [6.07, 6.45) is 0.565. The number of benzene rings is 1. The first kappa shape index (κ1) is 10.9. The molecular formula is C9H10BrO2S-. The largest absolute Gasteiger partial charge is 0.772 e. The molecule has 2 nitrogen and oxygen atoms in total. The highest BCUT2D eigenvalue weighted by molar-refractivity contribution is 9.10. The fourth-order valence-corrected chi connectivity index (χ4v) is 1.84. The summed E-state index contributed by atoms with van der Waals surface area (Å²) in [5.41, 5.74) is 1.03. The van der Waals surface area contributed by atoms with Crippen molar-refractivity contribution in [2.75, 3.05) is 0 Å². The molecule has 1 rings (SSSR count). The average molecular weight is 262 g/mol. The van der Waals surface area contributed by atoms with Crippen LogP contribution < -0.4 is 0 Å². The molecule has 2 atom stereocenters. The van der Waals surface area contributed by atoms with Crippen LogP contribution in [0, 0.1) is 0 Å². The molecule has 0 N–H and O–H groups in total. The third-order valence-corrected chi connectivity index (χ3v) is 3.06. The van der Waals surface area contributed by atoms with Crippen LogP contribution in [0.3, 0.4) is 0 Å². The third-order valence-electron chi connectivity index (χ3n) is 1.74. The Kier molecular flexibility index (Phi) is 4.09. The average Bonchev–Trinajstić information content (AvgIpc) is 2.04. The first-order valence-corrected chi connectivity index (χ1v) is 5.85. The molecule has 0 heterocycles. The lowest BCUT2D eigenvalue weighted by atomic mass is 10.1. The Morgan fingerprint density at radius 2 is 2.31 bits per heavy atom. The van der Waals surface area contributed by atoms with Gasteiger partial charge < -0.3 is 4.55 Å². The van der Waals surface area contributed by atoms with Gasteiger partial charge in [-0.25, -0.2) is 0 Å². The lowest BCUT2D eigenvalue weighted by Crippen LogP contribution is -2.12. The maximum absolute atomic E-state index is 10.6. The Morgan fingerprint density at radius 3 is 2.85 bits per heavy atom. The maximum Gasteiger partial charge on any atom is 0.0227 e. The van der Waals surface area contributed by atoms with Crippen LogP contribution in [-0.4, -0.2) is 14.0 Å². The Bertz CT molecular complexity index is 314. The van der Waals surface area contributed by atoms with Crippen LogP contribution in [0.2, 0.25) is 0 Å². The summed E-state index contributed by atoms with van der Waals surface area (Å²) in [7, 11) is 0. The minimum absolute atomic E-state index is 0.325. The standard InChI is InChI=1S/C9H11BrO2S/c1-7(13(11)12)5-8-3-2-4-9(10)6-8/h2-4,6-7H,5H2,1H3,(H,11,12)/p-1. The van der Waals surface area contributed by atoms with Gasteiger partial charge in [0.2, 0.25) is 0 Å². The van der Waals surface area contributed by atoms with E-state index >= 15 is 0 Å². The second-order valence-corrected chi connectivity index (χ2v) is 5.15. The van der Waals surface area contributed by atoms with E-state index in [2.05, 4.69) is 15.9 Å². The van der Waals surface area contributed by atoms with Crippen molar-refractivity contribution >= 4 is 27.0 Å². The highest BCUT2D eigenvalue weighted by atomic mass is 79.9. The quantitative estimate of drug-likeness (QED) is 0.784. The van der Waals surface area contributed by atoms with E-state index in [0.717, 1.165) is 10.0 Å². The molecule has 0 aromatic heterocycles. The minimum Gasteiger partial charge on any atom is -0.772 e.